The first-order valence-electron chi connectivity index (χ1n) is 13.4. The van der Waals surface area contributed by atoms with Crippen molar-refractivity contribution in [2.24, 2.45) is 17.8 Å². The SMILES string of the molecule is CCCOc1ccc2cc(C3CCC(C=CC4CCC(CCC)CC4)CC3)c(F)c(F)c2c1F. The smallest absolute Gasteiger partial charge is 0.175 e. The molecule has 186 valence electrons. The first-order valence-corrected chi connectivity index (χ1v) is 13.4. The molecule has 2 aromatic carbocycles. The van der Waals surface area contributed by atoms with Crippen molar-refractivity contribution >= 4 is 10.8 Å². The lowest BCUT2D eigenvalue weighted by Crippen LogP contribution is -2.15. The third-order valence-corrected chi connectivity index (χ3v) is 8.03. The maximum Gasteiger partial charge on any atom is 0.175 e. The summed E-state index contributed by atoms with van der Waals surface area (Å²) in [5, 5.41) is 0.0936. The van der Waals surface area contributed by atoms with E-state index in [1.165, 1.54) is 44.6 Å². The van der Waals surface area contributed by atoms with Crippen LogP contribution in [0.1, 0.15) is 96.0 Å². The van der Waals surface area contributed by atoms with E-state index in [-0.39, 0.29) is 17.1 Å². The summed E-state index contributed by atoms with van der Waals surface area (Å²) in [6.07, 6.45) is 17.2. The van der Waals surface area contributed by atoms with Crippen molar-refractivity contribution < 1.29 is 17.9 Å². The monoisotopic (exact) mass is 472 g/mol. The third-order valence-electron chi connectivity index (χ3n) is 8.03. The quantitative estimate of drug-likeness (QED) is 0.348. The second-order valence-electron chi connectivity index (χ2n) is 10.5. The van der Waals surface area contributed by atoms with Gasteiger partial charge in [0.15, 0.2) is 23.2 Å². The van der Waals surface area contributed by atoms with Gasteiger partial charge in [-0.15, -0.1) is 0 Å². The van der Waals surface area contributed by atoms with Crippen LogP contribution in [-0.4, -0.2) is 6.61 Å². The number of fused-ring (bicyclic) bond motifs is 1. The van der Waals surface area contributed by atoms with E-state index < -0.39 is 17.5 Å². The van der Waals surface area contributed by atoms with Gasteiger partial charge in [-0.3, -0.25) is 0 Å². The predicted molar refractivity (Wildman–Crippen MR) is 134 cm³/mol. The summed E-state index contributed by atoms with van der Waals surface area (Å²) in [6.45, 7) is 4.52. The number of hydrogen-bond donors (Lipinski definition) is 0. The van der Waals surface area contributed by atoms with Crippen LogP contribution in [0.4, 0.5) is 13.2 Å². The summed E-state index contributed by atoms with van der Waals surface area (Å²) < 4.78 is 50.2. The lowest BCUT2D eigenvalue weighted by atomic mass is 9.76. The molecule has 0 spiro atoms. The van der Waals surface area contributed by atoms with Crippen LogP contribution in [0.15, 0.2) is 30.4 Å². The van der Waals surface area contributed by atoms with Gasteiger partial charge in [0.1, 0.15) is 0 Å². The maximum atomic E-state index is 15.1. The Bertz CT molecular complexity index is 982. The average molecular weight is 473 g/mol. The first kappa shape index (κ1) is 25.1. The molecule has 2 saturated carbocycles. The Hall–Kier alpha value is -1.97. The molecule has 0 aromatic heterocycles. The molecule has 2 aromatic rings. The molecule has 0 heterocycles. The van der Waals surface area contributed by atoms with Gasteiger partial charge in [-0.05, 0) is 105 Å². The molecule has 0 amide bonds. The first-order chi connectivity index (χ1) is 16.5. The molecule has 0 bridgehead atoms. The number of halogens is 3. The molecule has 1 nitrogen and oxygen atoms in total. The standard InChI is InChI=1S/C30H39F3O/c1-3-5-20-6-8-21(9-7-20)10-11-22-12-14-23(15-13-22)25-19-24-16-17-26(34-18-4-2)29(32)27(24)30(33)28(25)31/h10-11,16-17,19-23H,3-9,12-15,18H2,1-2H3. The highest BCUT2D eigenvalue weighted by Gasteiger charge is 2.27. The Balaban J connectivity index is 1.40. The molecular weight excluding hydrogens is 433 g/mol. The van der Waals surface area contributed by atoms with Crippen molar-refractivity contribution in [3.8, 4) is 5.75 Å². The van der Waals surface area contributed by atoms with E-state index in [1.807, 2.05) is 6.92 Å². The van der Waals surface area contributed by atoms with Gasteiger partial charge in [-0.2, -0.15) is 0 Å². The molecule has 0 saturated heterocycles. The molecule has 2 aliphatic carbocycles. The van der Waals surface area contributed by atoms with E-state index in [1.54, 1.807) is 12.1 Å². The van der Waals surface area contributed by atoms with Crippen LogP contribution in [0.2, 0.25) is 0 Å². The molecule has 0 atom stereocenters. The van der Waals surface area contributed by atoms with Crippen LogP contribution < -0.4 is 4.74 Å². The molecule has 4 heteroatoms. The molecule has 0 radical (unpaired) electrons. The van der Waals surface area contributed by atoms with Gasteiger partial charge in [0.2, 0.25) is 0 Å². The molecule has 2 fully saturated rings. The van der Waals surface area contributed by atoms with Crippen LogP contribution in [0.3, 0.4) is 0 Å². The zero-order valence-corrected chi connectivity index (χ0v) is 20.7. The van der Waals surface area contributed by atoms with Crippen molar-refractivity contribution in [2.45, 2.75) is 90.4 Å². The van der Waals surface area contributed by atoms with Gasteiger partial charge >= 0.3 is 0 Å². The van der Waals surface area contributed by atoms with E-state index in [0.717, 1.165) is 31.6 Å². The van der Waals surface area contributed by atoms with Crippen LogP contribution in [0.5, 0.6) is 5.75 Å². The van der Waals surface area contributed by atoms with Crippen LogP contribution in [-0.2, 0) is 0 Å². The summed E-state index contributed by atoms with van der Waals surface area (Å²) in [7, 11) is 0. The van der Waals surface area contributed by atoms with E-state index in [2.05, 4.69) is 19.1 Å². The zero-order chi connectivity index (χ0) is 24.1. The highest BCUT2D eigenvalue weighted by atomic mass is 19.2. The Kier molecular flexibility index (Phi) is 8.60. The van der Waals surface area contributed by atoms with Gasteiger partial charge in [0, 0.05) is 0 Å². The second-order valence-corrected chi connectivity index (χ2v) is 10.5. The van der Waals surface area contributed by atoms with Gasteiger partial charge < -0.3 is 4.74 Å². The van der Waals surface area contributed by atoms with E-state index in [4.69, 9.17) is 4.74 Å². The Morgan fingerprint density at radius 1 is 0.794 bits per heavy atom. The largest absolute Gasteiger partial charge is 0.491 e. The Labute approximate surface area is 202 Å². The number of ether oxygens (including phenoxy) is 1. The second kappa shape index (κ2) is 11.6. The molecule has 0 aliphatic heterocycles. The fraction of sp³-hybridized carbons (Fsp3) is 0.600. The Morgan fingerprint density at radius 2 is 1.44 bits per heavy atom. The highest BCUT2D eigenvalue weighted by Crippen LogP contribution is 2.41. The fourth-order valence-corrected chi connectivity index (χ4v) is 6.02. The van der Waals surface area contributed by atoms with Crippen LogP contribution in [0, 0.1) is 35.2 Å². The zero-order valence-electron chi connectivity index (χ0n) is 20.7. The summed E-state index contributed by atoms with van der Waals surface area (Å²) in [4.78, 5) is 0. The lowest BCUT2D eigenvalue weighted by molar-refractivity contribution is 0.292. The van der Waals surface area contributed by atoms with Crippen LogP contribution >= 0.6 is 0 Å². The number of hydrogen-bond acceptors (Lipinski definition) is 1. The normalized spacial score (nSPS) is 25.8. The molecular formula is C30H39F3O. The lowest BCUT2D eigenvalue weighted by Gasteiger charge is -2.29. The molecule has 4 rings (SSSR count). The fourth-order valence-electron chi connectivity index (χ4n) is 6.02. The predicted octanol–water partition coefficient (Wildman–Crippen LogP) is 9.48. The average Bonchev–Trinajstić information content (AvgIpc) is 2.86. The number of allylic oxidation sites excluding steroid dienone is 2. The van der Waals surface area contributed by atoms with Crippen molar-refractivity contribution in [1.82, 2.24) is 0 Å². The highest BCUT2D eigenvalue weighted by molar-refractivity contribution is 5.86. The summed E-state index contributed by atoms with van der Waals surface area (Å²) in [5.74, 6) is -0.696. The molecule has 34 heavy (non-hydrogen) atoms. The molecule has 2 aliphatic rings. The summed E-state index contributed by atoms with van der Waals surface area (Å²) >= 11 is 0. The number of benzene rings is 2. The van der Waals surface area contributed by atoms with Gasteiger partial charge in [-0.25, -0.2) is 13.2 Å². The molecule has 0 unspecified atom stereocenters. The van der Waals surface area contributed by atoms with Gasteiger partial charge in [-0.1, -0.05) is 44.9 Å². The topological polar surface area (TPSA) is 9.23 Å². The van der Waals surface area contributed by atoms with E-state index >= 15 is 4.39 Å². The van der Waals surface area contributed by atoms with Gasteiger partial charge in [0.25, 0.3) is 0 Å². The summed E-state index contributed by atoms with van der Waals surface area (Å²) in [5.41, 5.74) is 0.392. The summed E-state index contributed by atoms with van der Waals surface area (Å²) in [6, 6.07) is 4.81. The van der Waals surface area contributed by atoms with Crippen molar-refractivity contribution in [3.05, 3.63) is 53.4 Å². The minimum Gasteiger partial charge on any atom is -0.491 e. The van der Waals surface area contributed by atoms with Gasteiger partial charge in [0.05, 0.1) is 12.0 Å². The van der Waals surface area contributed by atoms with Crippen LogP contribution in [0.25, 0.3) is 10.8 Å². The van der Waals surface area contributed by atoms with Crippen molar-refractivity contribution in [3.63, 3.8) is 0 Å². The Morgan fingerprint density at radius 3 is 2.06 bits per heavy atom. The molecule has 0 N–H and O–H groups in total. The van der Waals surface area contributed by atoms with E-state index in [0.29, 0.717) is 35.8 Å². The minimum atomic E-state index is -1.09. The third kappa shape index (κ3) is 5.63. The van der Waals surface area contributed by atoms with Crippen molar-refractivity contribution in [1.29, 1.82) is 0 Å². The number of rotatable bonds is 8. The maximum absolute atomic E-state index is 15.1. The van der Waals surface area contributed by atoms with Crippen molar-refractivity contribution in [2.75, 3.05) is 6.61 Å². The van der Waals surface area contributed by atoms with E-state index in [9.17, 15) is 8.78 Å². The minimum absolute atomic E-state index is 0.0212.